The Balaban J connectivity index is 1.70. The molecular weight excluding hydrogens is 404 g/mol. The quantitative estimate of drug-likeness (QED) is 0.471. The normalized spacial score (nSPS) is 11.5. The van der Waals surface area contributed by atoms with E-state index in [1.165, 1.54) is 30.9 Å². The van der Waals surface area contributed by atoms with Crippen LogP contribution in [-0.2, 0) is 17.1 Å². The maximum absolute atomic E-state index is 13.1. The summed E-state index contributed by atoms with van der Waals surface area (Å²) in [5, 5.41) is 0.441. The standard InChI is InChI=1S/C20H18N6O3S/c1-12-4-3-5-15(6-12)30(28,29)25-14-7-13(8-22-9-14)18(27)16-10-26(2)20-17(16)19(21)23-11-24-20/h3-11,25H,1-2H3,(H2,21,23,24). The molecule has 30 heavy (non-hydrogen) atoms. The number of aromatic nitrogens is 4. The molecule has 3 N–H and O–H groups in total. The van der Waals surface area contributed by atoms with Gasteiger partial charge in [-0.1, -0.05) is 12.1 Å². The number of anilines is 2. The summed E-state index contributed by atoms with van der Waals surface area (Å²) in [4.78, 5) is 25.4. The number of hydrogen-bond acceptors (Lipinski definition) is 7. The van der Waals surface area contributed by atoms with Gasteiger partial charge in [0, 0.05) is 25.0 Å². The van der Waals surface area contributed by atoms with E-state index in [1.54, 1.807) is 42.9 Å². The first-order chi connectivity index (χ1) is 14.3. The number of fused-ring (bicyclic) bond motifs is 1. The zero-order chi connectivity index (χ0) is 21.5. The lowest BCUT2D eigenvalue weighted by molar-refractivity contribution is 0.103. The number of nitrogens with two attached hydrogens (primary N) is 1. The van der Waals surface area contributed by atoms with Crippen molar-refractivity contribution in [2.75, 3.05) is 10.5 Å². The van der Waals surface area contributed by atoms with Crippen LogP contribution in [0.5, 0.6) is 0 Å². The topological polar surface area (TPSA) is 133 Å². The van der Waals surface area contributed by atoms with Crippen LogP contribution in [-0.4, -0.2) is 33.7 Å². The molecule has 0 aliphatic rings. The Kier molecular flexibility index (Phi) is 4.70. The number of benzene rings is 1. The maximum atomic E-state index is 13.1. The second-order valence-electron chi connectivity index (χ2n) is 6.82. The van der Waals surface area contributed by atoms with Gasteiger partial charge >= 0.3 is 0 Å². The number of sulfonamides is 1. The van der Waals surface area contributed by atoms with E-state index in [4.69, 9.17) is 5.73 Å². The molecule has 152 valence electrons. The van der Waals surface area contributed by atoms with Crippen LogP contribution in [0.3, 0.4) is 0 Å². The van der Waals surface area contributed by atoms with Crippen LogP contribution in [0, 0.1) is 6.92 Å². The summed E-state index contributed by atoms with van der Waals surface area (Å²) in [5.41, 5.74) is 7.98. The first-order valence-corrected chi connectivity index (χ1v) is 10.4. The van der Waals surface area contributed by atoms with Crippen LogP contribution >= 0.6 is 0 Å². The van der Waals surface area contributed by atoms with Gasteiger partial charge in [-0.05, 0) is 30.7 Å². The Bertz CT molecular complexity index is 1390. The summed E-state index contributed by atoms with van der Waals surface area (Å²) in [5.74, 6) is -0.181. The average Bonchev–Trinajstić information content (AvgIpc) is 3.05. The van der Waals surface area contributed by atoms with Gasteiger partial charge in [0.15, 0.2) is 5.78 Å². The summed E-state index contributed by atoms with van der Waals surface area (Å²) in [6.45, 7) is 1.81. The molecule has 0 fully saturated rings. The van der Waals surface area contributed by atoms with Crippen molar-refractivity contribution in [1.82, 2.24) is 19.5 Å². The molecule has 0 spiro atoms. The highest BCUT2D eigenvalue weighted by molar-refractivity contribution is 7.92. The number of nitrogen functional groups attached to an aromatic ring is 1. The van der Waals surface area contributed by atoms with Crippen LogP contribution < -0.4 is 10.5 Å². The van der Waals surface area contributed by atoms with Crippen molar-refractivity contribution < 1.29 is 13.2 Å². The summed E-state index contributed by atoms with van der Waals surface area (Å²) >= 11 is 0. The van der Waals surface area contributed by atoms with Crippen LogP contribution in [0.4, 0.5) is 11.5 Å². The SMILES string of the molecule is Cc1cccc(S(=O)(=O)Nc2cncc(C(=O)c3cn(C)c4ncnc(N)c34)c2)c1. The molecule has 10 heteroatoms. The van der Waals surface area contributed by atoms with Crippen molar-refractivity contribution in [3.8, 4) is 0 Å². The summed E-state index contributed by atoms with van der Waals surface area (Å²) in [7, 11) is -2.08. The monoisotopic (exact) mass is 422 g/mol. The predicted molar refractivity (Wildman–Crippen MR) is 113 cm³/mol. The molecule has 0 unspecified atom stereocenters. The van der Waals surface area contributed by atoms with Crippen molar-refractivity contribution in [2.24, 2.45) is 7.05 Å². The Labute approximate surface area is 172 Å². The van der Waals surface area contributed by atoms with E-state index in [0.29, 0.717) is 16.6 Å². The van der Waals surface area contributed by atoms with Crippen molar-refractivity contribution >= 4 is 38.3 Å². The predicted octanol–water partition coefficient (Wildman–Crippen LogP) is 2.29. The minimum atomic E-state index is -3.83. The second-order valence-corrected chi connectivity index (χ2v) is 8.51. The molecule has 0 saturated heterocycles. The van der Waals surface area contributed by atoms with Crippen LogP contribution in [0.2, 0.25) is 0 Å². The summed E-state index contributed by atoms with van der Waals surface area (Å²) < 4.78 is 29.5. The molecule has 0 amide bonds. The number of aryl methyl sites for hydroxylation is 2. The van der Waals surface area contributed by atoms with Gasteiger partial charge in [0.25, 0.3) is 10.0 Å². The molecule has 0 radical (unpaired) electrons. The molecule has 3 aromatic heterocycles. The van der Waals surface area contributed by atoms with Crippen molar-refractivity contribution in [2.45, 2.75) is 11.8 Å². The Hall–Kier alpha value is -3.79. The minimum absolute atomic E-state index is 0.123. The number of nitrogens with zero attached hydrogens (tertiary/aromatic N) is 4. The van der Waals surface area contributed by atoms with Gasteiger partial charge in [-0.2, -0.15) is 0 Å². The zero-order valence-electron chi connectivity index (χ0n) is 16.2. The third-order valence-electron chi connectivity index (χ3n) is 4.58. The molecule has 0 bridgehead atoms. The van der Waals surface area contributed by atoms with Gasteiger partial charge in [-0.15, -0.1) is 0 Å². The summed E-state index contributed by atoms with van der Waals surface area (Å²) in [6.07, 6.45) is 5.64. The van der Waals surface area contributed by atoms with E-state index in [1.807, 2.05) is 0 Å². The van der Waals surface area contributed by atoms with Crippen LogP contribution in [0.15, 0.2) is 60.1 Å². The Morgan fingerprint density at radius 2 is 1.97 bits per heavy atom. The first-order valence-electron chi connectivity index (χ1n) is 8.91. The van der Waals surface area contributed by atoms with Gasteiger partial charge in [0.1, 0.15) is 17.8 Å². The highest BCUT2D eigenvalue weighted by atomic mass is 32.2. The summed E-state index contributed by atoms with van der Waals surface area (Å²) in [6, 6.07) is 7.95. The lowest BCUT2D eigenvalue weighted by Gasteiger charge is -2.09. The van der Waals surface area contributed by atoms with Gasteiger partial charge < -0.3 is 10.3 Å². The highest BCUT2D eigenvalue weighted by Gasteiger charge is 2.21. The number of carbonyl (C=O) groups excluding carboxylic acids is 1. The van der Waals surface area contributed by atoms with Crippen molar-refractivity contribution in [3.63, 3.8) is 0 Å². The highest BCUT2D eigenvalue weighted by Crippen LogP contribution is 2.26. The molecule has 9 nitrogen and oxygen atoms in total. The largest absolute Gasteiger partial charge is 0.383 e. The molecule has 0 aliphatic heterocycles. The number of hydrogen-bond donors (Lipinski definition) is 2. The molecular formula is C20H18N6O3S. The molecule has 3 heterocycles. The smallest absolute Gasteiger partial charge is 0.261 e. The number of rotatable bonds is 5. The fraction of sp³-hybridized carbons (Fsp3) is 0.100. The first kappa shape index (κ1) is 19.5. The van der Waals surface area contributed by atoms with E-state index in [0.717, 1.165) is 5.56 Å². The van der Waals surface area contributed by atoms with Crippen LogP contribution in [0.1, 0.15) is 21.5 Å². The van der Waals surface area contributed by atoms with Gasteiger partial charge in [-0.25, -0.2) is 18.4 Å². The number of pyridine rings is 1. The van der Waals surface area contributed by atoms with Crippen molar-refractivity contribution in [3.05, 3.63) is 71.9 Å². The Morgan fingerprint density at radius 3 is 2.73 bits per heavy atom. The number of nitrogens with one attached hydrogen (secondary N) is 1. The third kappa shape index (κ3) is 3.48. The number of carbonyl (C=O) groups is 1. The van der Waals surface area contributed by atoms with E-state index in [9.17, 15) is 13.2 Å². The third-order valence-corrected chi connectivity index (χ3v) is 5.96. The molecule has 0 aliphatic carbocycles. The van der Waals surface area contributed by atoms with Gasteiger partial charge in [0.05, 0.1) is 27.7 Å². The molecule has 1 aromatic carbocycles. The van der Waals surface area contributed by atoms with Gasteiger partial charge in [0.2, 0.25) is 0 Å². The van der Waals surface area contributed by atoms with E-state index in [2.05, 4.69) is 19.7 Å². The molecule has 0 atom stereocenters. The van der Waals surface area contributed by atoms with Crippen LogP contribution in [0.25, 0.3) is 11.0 Å². The van der Waals surface area contributed by atoms with E-state index in [-0.39, 0.29) is 27.7 Å². The average molecular weight is 422 g/mol. The lowest BCUT2D eigenvalue weighted by Crippen LogP contribution is -2.14. The minimum Gasteiger partial charge on any atom is -0.383 e. The van der Waals surface area contributed by atoms with E-state index < -0.39 is 10.0 Å². The molecule has 4 aromatic rings. The number of ketones is 1. The fourth-order valence-electron chi connectivity index (χ4n) is 3.18. The van der Waals surface area contributed by atoms with Gasteiger partial charge in [-0.3, -0.25) is 14.5 Å². The molecule has 0 saturated carbocycles. The molecule has 4 rings (SSSR count). The van der Waals surface area contributed by atoms with E-state index >= 15 is 0 Å². The maximum Gasteiger partial charge on any atom is 0.261 e. The fourth-order valence-corrected chi connectivity index (χ4v) is 4.32. The second kappa shape index (κ2) is 7.23. The Morgan fingerprint density at radius 1 is 1.17 bits per heavy atom. The lowest BCUT2D eigenvalue weighted by atomic mass is 10.1. The zero-order valence-corrected chi connectivity index (χ0v) is 17.0. The van der Waals surface area contributed by atoms with Crippen molar-refractivity contribution in [1.29, 1.82) is 0 Å².